The van der Waals surface area contributed by atoms with Crippen LogP contribution in [0.25, 0.3) is 10.9 Å². The van der Waals surface area contributed by atoms with Crippen molar-refractivity contribution in [2.24, 2.45) is 0 Å². The summed E-state index contributed by atoms with van der Waals surface area (Å²) in [5.41, 5.74) is 3.70. The van der Waals surface area contributed by atoms with E-state index in [0.29, 0.717) is 11.3 Å². The number of fused-ring (bicyclic) bond motifs is 1. The van der Waals surface area contributed by atoms with Crippen LogP contribution < -0.4 is 0 Å². The lowest BCUT2D eigenvalue weighted by atomic mass is 10.1. The van der Waals surface area contributed by atoms with Gasteiger partial charge in [0.2, 0.25) is 0 Å². The van der Waals surface area contributed by atoms with Gasteiger partial charge in [-0.15, -0.1) is 0 Å². The number of aromatic nitrogens is 1. The summed E-state index contributed by atoms with van der Waals surface area (Å²) < 4.78 is 0. The standard InChI is InChI=1S/C10H9NO.C8H10O/c1-7-5-6-8-3-2-4-9(12)10(8)11-7;1-6-4-3-5-8(9)7(6)2/h2-6,12H,1H3;3-5,9H,1-2H3. The fraction of sp³-hybridized carbons (Fsp3) is 0.167. The van der Waals surface area contributed by atoms with Gasteiger partial charge in [-0.1, -0.05) is 30.3 Å². The van der Waals surface area contributed by atoms with Gasteiger partial charge in [0.15, 0.2) is 0 Å². The van der Waals surface area contributed by atoms with E-state index in [1.807, 2.05) is 57.2 Å². The summed E-state index contributed by atoms with van der Waals surface area (Å²) in [6.45, 7) is 5.80. The molecule has 0 amide bonds. The van der Waals surface area contributed by atoms with Crippen LogP contribution in [-0.4, -0.2) is 15.2 Å². The highest BCUT2D eigenvalue weighted by molar-refractivity contribution is 5.84. The van der Waals surface area contributed by atoms with E-state index in [4.69, 9.17) is 5.11 Å². The highest BCUT2D eigenvalue weighted by Gasteiger charge is 1.99. The number of rotatable bonds is 0. The molecular weight excluding hydrogens is 262 g/mol. The maximum Gasteiger partial charge on any atom is 0.141 e. The van der Waals surface area contributed by atoms with Crippen molar-refractivity contribution in [3.05, 3.63) is 65.4 Å². The van der Waals surface area contributed by atoms with Crippen LogP contribution in [0.1, 0.15) is 16.8 Å². The number of hydrogen-bond donors (Lipinski definition) is 2. The largest absolute Gasteiger partial charge is 0.508 e. The third-order valence-electron chi connectivity index (χ3n) is 3.41. The molecule has 0 aliphatic heterocycles. The van der Waals surface area contributed by atoms with Crippen molar-refractivity contribution >= 4 is 10.9 Å². The average molecular weight is 281 g/mol. The predicted molar refractivity (Wildman–Crippen MR) is 85.7 cm³/mol. The molecule has 108 valence electrons. The second kappa shape index (κ2) is 6.27. The van der Waals surface area contributed by atoms with Gasteiger partial charge in [-0.2, -0.15) is 0 Å². The number of phenolic OH excluding ortho intramolecular Hbond substituents is 2. The second-order valence-corrected chi connectivity index (χ2v) is 5.02. The fourth-order valence-corrected chi connectivity index (χ4v) is 1.96. The molecule has 0 fully saturated rings. The van der Waals surface area contributed by atoms with E-state index in [1.54, 1.807) is 12.1 Å². The number of benzene rings is 2. The van der Waals surface area contributed by atoms with Crippen molar-refractivity contribution in [3.63, 3.8) is 0 Å². The summed E-state index contributed by atoms with van der Waals surface area (Å²) in [5.74, 6) is 0.631. The predicted octanol–water partition coefficient (Wildman–Crippen LogP) is 4.26. The summed E-state index contributed by atoms with van der Waals surface area (Å²) in [7, 11) is 0. The highest BCUT2D eigenvalue weighted by Crippen LogP contribution is 2.21. The Labute approximate surface area is 124 Å². The molecule has 21 heavy (non-hydrogen) atoms. The van der Waals surface area contributed by atoms with Gasteiger partial charge in [0.1, 0.15) is 17.0 Å². The maximum absolute atomic E-state index is 9.43. The first-order chi connectivity index (χ1) is 9.99. The van der Waals surface area contributed by atoms with E-state index >= 15 is 0 Å². The smallest absolute Gasteiger partial charge is 0.141 e. The van der Waals surface area contributed by atoms with E-state index in [-0.39, 0.29) is 5.75 Å². The molecule has 0 aliphatic rings. The first-order valence-electron chi connectivity index (χ1n) is 6.79. The molecule has 3 rings (SSSR count). The van der Waals surface area contributed by atoms with Crippen molar-refractivity contribution in [3.8, 4) is 11.5 Å². The zero-order valence-electron chi connectivity index (χ0n) is 12.5. The molecule has 3 heteroatoms. The van der Waals surface area contributed by atoms with Gasteiger partial charge in [0.05, 0.1) is 0 Å². The van der Waals surface area contributed by atoms with E-state index < -0.39 is 0 Å². The molecule has 3 nitrogen and oxygen atoms in total. The van der Waals surface area contributed by atoms with Crippen molar-refractivity contribution in [1.29, 1.82) is 0 Å². The van der Waals surface area contributed by atoms with Crippen LogP contribution in [0, 0.1) is 20.8 Å². The molecule has 0 saturated heterocycles. The quantitative estimate of drug-likeness (QED) is 0.647. The van der Waals surface area contributed by atoms with Gasteiger partial charge < -0.3 is 10.2 Å². The van der Waals surface area contributed by atoms with Crippen LogP contribution in [-0.2, 0) is 0 Å². The fourth-order valence-electron chi connectivity index (χ4n) is 1.96. The molecule has 0 saturated carbocycles. The van der Waals surface area contributed by atoms with E-state index in [1.165, 1.54) is 0 Å². The number of nitrogens with zero attached hydrogens (tertiary/aromatic N) is 1. The Balaban J connectivity index is 0.000000161. The summed E-state index contributed by atoms with van der Waals surface area (Å²) in [4.78, 5) is 4.23. The molecule has 2 aromatic carbocycles. The summed E-state index contributed by atoms with van der Waals surface area (Å²) in [6.07, 6.45) is 0. The van der Waals surface area contributed by atoms with Crippen LogP contribution in [0.3, 0.4) is 0 Å². The van der Waals surface area contributed by atoms with Gasteiger partial charge in [0.25, 0.3) is 0 Å². The summed E-state index contributed by atoms with van der Waals surface area (Å²) >= 11 is 0. The number of para-hydroxylation sites is 1. The maximum atomic E-state index is 9.43. The molecule has 0 aliphatic carbocycles. The van der Waals surface area contributed by atoms with Crippen LogP contribution in [0.15, 0.2) is 48.5 Å². The number of hydrogen-bond acceptors (Lipinski definition) is 3. The van der Waals surface area contributed by atoms with Crippen LogP contribution >= 0.6 is 0 Å². The zero-order valence-corrected chi connectivity index (χ0v) is 12.5. The minimum absolute atomic E-state index is 0.246. The Morgan fingerprint density at radius 1 is 0.762 bits per heavy atom. The molecular formula is C18H19NO2. The molecule has 1 aromatic heterocycles. The number of aryl methyl sites for hydroxylation is 2. The van der Waals surface area contributed by atoms with Gasteiger partial charge in [-0.05, 0) is 50.1 Å². The zero-order chi connectivity index (χ0) is 15.4. The topological polar surface area (TPSA) is 53.4 Å². The lowest BCUT2D eigenvalue weighted by molar-refractivity contribution is 0.470. The van der Waals surface area contributed by atoms with Crippen molar-refractivity contribution < 1.29 is 10.2 Å². The first kappa shape index (κ1) is 14.9. The Kier molecular flexibility index (Phi) is 4.43. The normalized spacial score (nSPS) is 10.0. The minimum Gasteiger partial charge on any atom is -0.508 e. The molecule has 3 aromatic rings. The third kappa shape index (κ3) is 3.51. The Morgan fingerprint density at radius 3 is 2.10 bits per heavy atom. The molecule has 1 heterocycles. The van der Waals surface area contributed by atoms with E-state index in [0.717, 1.165) is 22.2 Å². The lowest BCUT2D eigenvalue weighted by Gasteiger charge is -1.99. The molecule has 0 spiro atoms. The Hall–Kier alpha value is -2.55. The summed E-state index contributed by atoms with van der Waals surface area (Å²) in [5, 5.41) is 19.5. The van der Waals surface area contributed by atoms with Gasteiger partial charge in [0, 0.05) is 11.1 Å². The van der Waals surface area contributed by atoms with E-state index in [9.17, 15) is 5.11 Å². The molecule has 0 radical (unpaired) electrons. The summed E-state index contributed by atoms with van der Waals surface area (Å²) in [6, 6.07) is 14.8. The molecule has 0 bridgehead atoms. The number of pyridine rings is 1. The first-order valence-corrected chi connectivity index (χ1v) is 6.79. The molecule has 2 N–H and O–H groups in total. The average Bonchev–Trinajstić information content (AvgIpc) is 2.46. The molecule has 0 unspecified atom stereocenters. The van der Waals surface area contributed by atoms with Crippen LogP contribution in [0.5, 0.6) is 11.5 Å². The highest BCUT2D eigenvalue weighted by atomic mass is 16.3. The Bertz CT molecular complexity index is 746. The third-order valence-corrected chi connectivity index (χ3v) is 3.41. The van der Waals surface area contributed by atoms with Crippen molar-refractivity contribution in [2.75, 3.05) is 0 Å². The van der Waals surface area contributed by atoms with Gasteiger partial charge >= 0.3 is 0 Å². The van der Waals surface area contributed by atoms with Gasteiger partial charge in [-0.3, -0.25) is 0 Å². The molecule has 0 atom stereocenters. The second-order valence-electron chi connectivity index (χ2n) is 5.02. The monoisotopic (exact) mass is 281 g/mol. The van der Waals surface area contributed by atoms with Crippen LogP contribution in [0.4, 0.5) is 0 Å². The Morgan fingerprint density at radius 2 is 1.43 bits per heavy atom. The number of phenols is 2. The number of aromatic hydroxyl groups is 2. The van der Waals surface area contributed by atoms with Gasteiger partial charge in [-0.25, -0.2) is 4.98 Å². The van der Waals surface area contributed by atoms with E-state index in [2.05, 4.69) is 4.98 Å². The van der Waals surface area contributed by atoms with Crippen molar-refractivity contribution in [2.45, 2.75) is 20.8 Å². The van der Waals surface area contributed by atoms with Crippen LogP contribution in [0.2, 0.25) is 0 Å². The lowest BCUT2D eigenvalue weighted by Crippen LogP contribution is -1.82. The minimum atomic E-state index is 0.246. The van der Waals surface area contributed by atoms with Crippen molar-refractivity contribution in [1.82, 2.24) is 4.98 Å². The SMILES string of the molecule is Cc1ccc2cccc(O)c2n1.Cc1cccc(O)c1C.